The van der Waals surface area contributed by atoms with Gasteiger partial charge < -0.3 is 0 Å². The minimum atomic E-state index is -4.19. The molecule has 0 amide bonds. The van der Waals surface area contributed by atoms with Gasteiger partial charge in [0.1, 0.15) is 0 Å². The van der Waals surface area contributed by atoms with E-state index in [1.165, 1.54) is 6.42 Å². The minimum absolute atomic E-state index is 0.110. The molecule has 5 nitrogen and oxygen atoms in total. The van der Waals surface area contributed by atoms with Crippen LogP contribution in [0.5, 0.6) is 11.5 Å². The Morgan fingerprint density at radius 1 is 0.815 bits per heavy atom. The summed E-state index contributed by atoms with van der Waals surface area (Å²) in [4.78, 5) is 0. The Hall–Kier alpha value is 0.290. The summed E-state index contributed by atoms with van der Waals surface area (Å²) >= 11 is 25.2. The molecule has 1 aromatic carbocycles. The molecule has 3 aliphatic rings. The molecule has 2 heterocycles. The first-order valence-electron chi connectivity index (χ1n) is 9.01. The van der Waals surface area contributed by atoms with Gasteiger partial charge in [0.15, 0.2) is 0 Å². The van der Waals surface area contributed by atoms with Crippen LogP contribution in [0.3, 0.4) is 0 Å². The van der Waals surface area contributed by atoms with E-state index in [4.69, 9.17) is 64.5 Å². The fourth-order valence-electron chi connectivity index (χ4n) is 3.50. The van der Waals surface area contributed by atoms with E-state index < -0.39 is 7.66 Å². The summed E-state index contributed by atoms with van der Waals surface area (Å²) in [6.07, 6.45) is 5.44. The number of rotatable bonds is 2. The molecule has 152 valence electrons. The van der Waals surface area contributed by atoms with Crippen molar-refractivity contribution in [3.63, 3.8) is 0 Å². The number of halogens is 4. The van der Waals surface area contributed by atoms with Crippen LogP contribution in [-0.2, 0) is 9.05 Å². The molecule has 1 saturated heterocycles. The third-order valence-electron chi connectivity index (χ3n) is 5.03. The molecule has 27 heavy (non-hydrogen) atoms. The molecular weight excluding hydrogens is 455 g/mol. The Morgan fingerprint density at radius 2 is 1.30 bits per heavy atom. The average Bonchev–Trinajstić information content (AvgIpc) is 2.99. The fraction of sp³-hybridized carbons (Fsp3) is 0.647. The Morgan fingerprint density at radius 3 is 1.78 bits per heavy atom. The van der Waals surface area contributed by atoms with E-state index in [0.717, 1.165) is 25.7 Å². The normalized spacial score (nSPS) is 27.3. The summed E-state index contributed by atoms with van der Waals surface area (Å²) in [7, 11) is -4.19. The molecule has 0 unspecified atom stereocenters. The van der Waals surface area contributed by atoms with Gasteiger partial charge in [-0.15, -0.1) is 0 Å². The SMILES string of the molecule is CC1(C)COP2(NC3CCCCC3)(OC1)Oc1c(Cl)c(Cl)c(Cl)c(Cl)c1O2. The van der Waals surface area contributed by atoms with Crippen molar-refractivity contribution in [2.75, 3.05) is 13.2 Å². The van der Waals surface area contributed by atoms with Gasteiger partial charge in [-0.2, -0.15) is 0 Å². The van der Waals surface area contributed by atoms with Crippen LogP contribution in [0, 0.1) is 5.41 Å². The van der Waals surface area contributed by atoms with E-state index in [2.05, 4.69) is 18.9 Å². The molecule has 1 saturated carbocycles. The van der Waals surface area contributed by atoms with Crippen molar-refractivity contribution < 1.29 is 18.1 Å². The number of hydrogen-bond acceptors (Lipinski definition) is 5. The molecule has 1 spiro atoms. The van der Waals surface area contributed by atoms with Gasteiger partial charge in [0.25, 0.3) is 0 Å². The van der Waals surface area contributed by atoms with Gasteiger partial charge in [0.2, 0.25) is 0 Å². The summed E-state index contributed by atoms with van der Waals surface area (Å²) < 4.78 is 25.0. The number of nitrogens with one attached hydrogen (secondary N) is 1. The van der Waals surface area contributed by atoms with E-state index in [9.17, 15) is 0 Å². The van der Waals surface area contributed by atoms with Crippen LogP contribution in [-0.4, -0.2) is 19.3 Å². The third-order valence-corrected chi connectivity index (χ3v) is 9.73. The summed E-state index contributed by atoms with van der Waals surface area (Å²) in [5.41, 5.74) is -0.179. The summed E-state index contributed by atoms with van der Waals surface area (Å²) in [5, 5.41) is 3.94. The van der Waals surface area contributed by atoms with Gasteiger partial charge in [0.05, 0.1) is 0 Å². The molecule has 0 atom stereocenters. The van der Waals surface area contributed by atoms with Crippen molar-refractivity contribution >= 4 is 54.1 Å². The Labute approximate surface area is 179 Å². The topological polar surface area (TPSA) is 49.0 Å². The maximum atomic E-state index is 6.38. The van der Waals surface area contributed by atoms with Crippen molar-refractivity contribution in [3.05, 3.63) is 20.1 Å². The van der Waals surface area contributed by atoms with Crippen molar-refractivity contribution in [3.8, 4) is 11.5 Å². The molecular formula is C17H22Cl4NO4P. The predicted molar refractivity (Wildman–Crippen MR) is 110 cm³/mol. The van der Waals surface area contributed by atoms with E-state index >= 15 is 0 Å². The van der Waals surface area contributed by atoms with E-state index in [1.54, 1.807) is 0 Å². The first kappa shape index (κ1) is 20.6. The van der Waals surface area contributed by atoms with Gasteiger partial charge in [-0.3, -0.25) is 0 Å². The second-order valence-electron chi connectivity index (χ2n) is 8.08. The zero-order valence-electron chi connectivity index (χ0n) is 15.1. The number of benzene rings is 1. The first-order chi connectivity index (χ1) is 12.6. The van der Waals surface area contributed by atoms with Crippen molar-refractivity contribution in [1.29, 1.82) is 0 Å². The zero-order chi connectivity index (χ0) is 19.5. The van der Waals surface area contributed by atoms with Crippen LogP contribution in [0.2, 0.25) is 20.1 Å². The summed E-state index contributed by atoms with van der Waals surface area (Å²) in [5.74, 6) is 0.411. The van der Waals surface area contributed by atoms with Crippen molar-refractivity contribution in [2.24, 2.45) is 5.41 Å². The Kier molecular flexibility index (Phi) is 5.27. The van der Waals surface area contributed by atoms with Gasteiger partial charge in [-0.05, 0) is 0 Å². The molecule has 2 fully saturated rings. The van der Waals surface area contributed by atoms with Crippen LogP contribution >= 0.6 is 54.1 Å². The molecule has 1 aliphatic carbocycles. The number of fused-ring (bicyclic) bond motifs is 1. The van der Waals surface area contributed by atoms with Crippen LogP contribution < -0.4 is 14.1 Å². The van der Waals surface area contributed by atoms with Gasteiger partial charge in [-0.25, -0.2) is 0 Å². The van der Waals surface area contributed by atoms with Gasteiger partial charge in [0, 0.05) is 0 Å². The van der Waals surface area contributed by atoms with Crippen LogP contribution in [0.1, 0.15) is 46.0 Å². The van der Waals surface area contributed by atoms with Crippen molar-refractivity contribution in [1.82, 2.24) is 5.09 Å². The van der Waals surface area contributed by atoms with E-state index in [0.29, 0.717) is 13.2 Å². The average molecular weight is 477 g/mol. The second kappa shape index (κ2) is 6.92. The standard InChI is InChI=1S/C17H22Cl4NO4P/c1-17(2)8-23-27(24-9-17,22-10-6-4-3-5-7-10)25-15-13(20)11(18)12(19)14(21)16(15)26-27/h10,22H,3-9H2,1-2H3. The summed E-state index contributed by atoms with van der Waals surface area (Å²) in [6, 6.07) is 0.149. The molecule has 10 heteroatoms. The molecule has 0 radical (unpaired) electrons. The van der Waals surface area contributed by atoms with Gasteiger partial charge in [-0.1, -0.05) is 0 Å². The van der Waals surface area contributed by atoms with Gasteiger partial charge >= 0.3 is 179 Å². The molecule has 1 N–H and O–H groups in total. The van der Waals surface area contributed by atoms with Crippen LogP contribution in [0.4, 0.5) is 0 Å². The maximum absolute atomic E-state index is 6.38. The second-order valence-corrected chi connectivity index (χ2v) is 12.4. The molecule has 2 aliphatic heterocycles. The monoisotopic (exact) mass is 475 g/mol. The molecule has 4 rings (SSSR count). The fourth-order valence-corrected chi connectivity index (χ4v) is 8.06. The molecule has 0 aromatic heterocycles. The van der Waals surface area contributed by atoms with Crippen LogP contribution in [0.25, 0.3) is 0 Å². The van der Waals surface area contributed by atoms with Crippen molar-refractivity contribution in [2.45, 2.75) is 52.0 Å². The third kappa shape index (κ3) is 3.53. The molecule has 0 bridgehead atoms. The van der Waals surface area contributed by atoms with Crippen LogP contribution in [0.15, 0.2) is 0 Å². The predicted octanol–water partition coefficient (Wildman–Crippen LogP) is 7.20. The Balaban J connectivity index is 1.76. The summed E-state index contributed by atoms with van der Waals surface area (Å²) in [6.45, 7) is 4.90. The quantitative estimate of drug-likeness (QED) is 0.278. The first-order valence-corrected chi connectivity index (χ1v) is 12.4. The zero-order valence-corrected chi connectivity index (χ0v) is 19.0. The number of hydrogen-bond donors (Lipinski definition) is 1. The molecule has 1 aromatic rings. The van der Waals surface area contributed by atoms with E-state index in [-0.39, 0.29) is 43.0 Å². The van der Waals surface area contributed by atoms with E-state index in [1.807, 2.05) is 0 Å². The Bertz CT molecular complexity index is 734.